The van der Waals surface area contributed by atoms with Crippen molar-refractivity contribution in [1.82, 2.24) is 0 Å². The van der Waals surface area contributed by atoms with Gasteiger partial charge in [0.2, 0.25) is 0 Å². The minimum Gasteiger partial charge on any atom is -0.497 e. The molecule has 5 heteroatoms. The number of hydrogen-bond donors (Lipinski definition) is 2. The molecule has 19 heavy (non-hydrogen) atoms. The van der Waals surface area contributed by atoms with Crippen molar-refractivity contribution in [2.24, 2.45) is 0 Å². The molecule has 1 aliphatic rings. The molecule has 0 amide bonds. The van der Waals surface area contributed by atoms with Gasteiger partial charge in [0.25, 0.3) is 0 Å². The number of nitrogens with two attached hydrogens (primary N) is 1. The van der Waals surface area contributed by atoms with Crippen molar-refractivity contribution in [2.45, 2.75) is 31.6 Å². The minimum absolute atomic E-state index is 0.0623. The van der Waals surface area contributed by atoms with E-state index in [1.807, 2.05) is 29.6 Å². The third-order valence-electron chi connectivity index (χ3n) is 3.41. The number of methoxy groups -OCH3 is 1. The molecule has 1 aromatic rings. The van der Waals surface area contributed by atoms with Gasteiger partial charge in [-0.15, -0.1) is 0 Å². The Morgan fingerprint density at radius 2 is 2.11 bits per heavy atom. The summed E-state index contributed by atoms with van der Waals surface area (Å²) in [7, 11) is 1.63. The van der Waals surface area contributed by atoms with Crippen LogP contribution in [0.2, 0.25) is 0 Å². The Morgan fingerprint density at radius 3 is 2.68 bits per heavy atom. The number of ether oxygens (including phenoxy) is 2. The maximum Gasteiger partial charge on any atom is 0.303 e. The lowest BCUT2D eigenvalue weighted by Gasteiger charge is -2.18. The van der Waals surface area contributed by atoms with Crippen molar-refractivity contribution in [3.8, 4) is 5.75 Å². The lowest BCUT2D eigenvalue weighted by atomic mass is 10.0. The summed E-state index contributed by atoms with van der Waals surface area (Å²) >= 11 is 0. The Labute approximate surface area is 112 Å². The number of carbonyl (C=O) groups is 1. The Balaban J connectivity index is 2.02. The Morgan fingerprint density at radius 1 is 1.42 bits per heavy atom. The van der Waals surface area contributed by atoms with Crippen molar-refractivity contribution >= 4 is 5.97 Å². The summed E-state index contributed by atoms with van der Waals surface area (Å²) in [5, 5.41) is 11.9. The highest BCUT2D eigenvalue weighted by Crippen LogP contribution is 2.16. The first-order valence-corrected chi connectivity index (χ1v) is 6.41. The number of aliphatic hydroxyl groups excluding tert-OH is 1. The third kappa shape index (κ3) is 3.45. The molecule has 1 saturated heterocycles. The van der Waals surface area contributed by atoms with E-state index >= 15 is 0 Å². The second-order valence-electron chi connectivity index (χ2n) is 4.83. The first-order chi connectivity index (χ1) is 9.10. The molecule has 1 aromatic carbocycles. The van der Waals surface area contributed by atoms with Crippen molar-refractivity contribution in [3.63, 3.8) is 0 Å². The van der Waals surface area contributed by atoms with Crippen LogP contribution in [-0.2, 0) is 16.0 Å². The van der Waals surface area contributed by atoms with Gasteiger partial charge in [0.05, 0.1) is 7.11 Å². The quantitative estimate of drug-likeness (QED) is 0.719. The van der Waals surface area contributed by atoms with Crippen LogP contribution < -0.4 is 10.1 Å². The van der Waals surface area contributed by atoms with E-state index in [1.54, 1.807) is 7.11 Å². The molecule has 0 aliphatic carbocycles. The average molecular weight is 266 g/mol. The standard InChI is InChI=1S/C14H19NO4/c1-9(16)19-14-12(15-8-13(14)17)7-10-3-5-11(18-2)6-4-10/h3-6,12-15,17H,7-8H2,1-2H3/p+1/t12-,13+,14-/m1/s1. The zero-order valence-corrected chi connectivity index (χ0v) is 11.2. The molecule has 3 atom stereocenters. The van der Waals surface area contributed by atoms with Gasteiger partial charge in [0, 0.05) is 13.3 Å². The molecule has 0 spiro atoms. The molecule has 3 N–H and O–H groups in total. The minimum atomic E-state index is -0.591. The predicted octanol–water partition coefficient (Wildman–Crippen LogP) is -0.524. The average Bonchev–Trinajstić information content (AvgIpc) is 2.72. The maximum absolute atomic E-state index is 11.1. The monoisotopic (exact) mass is 266 g/mol. The van der Waals surface area contributed by atoms with Crippen LogP contribution in [0.4, 0.5) is 0 Å². The van der Waals surface area contributed by atoms with Crippen LogP contribution in [-0.4, -0.2) is 43.0 Å². The maximum atomic E-state index is 11.1. The molecular formula is C14H20NO4+. The molecular weight excluding hydrogens is 246 g/mol. The highest BCUT2D eigenvalue weighted by Gasteiger charge is 2.41. The fraction of sp³-hybridized carbons (Fsp3) is 0.500. The fourth-order valence-corrected chi connectivity index (χ4v) is 2.46. The number of rotatable bonds is 4. The van der Waals surface area contributed by atoms with Gasteiger partial charge >= 0.3 is 5.97 Å². The van der Waals surface area contributed by atoms with E-state index in [2.05, 4.69) is 0 Å². The number of quaternary nitrogens is 1. The normalized spacial score (nSPS) is 26.2. The number of hydrogen-bond acceptors (Lipinski definition) is 4. The Kier molecular flexibility index (Phi) is 4.39. The van der Waals surface area contributed by atoms with Crippen molar-refractivity contribution in [3.05, 3.63) is 29.8 Å². The molecule has 0 radical (unpaired) electrons. The van der Waals surface area contributed by atoms with Crippen LogP contribution >= 0.6 is 0 Å². The highest BCUT2D eigenvalue weighted by molar-refractivity contribution is 5.66. The lowest BCUT2D eigenvalue weighted by Crippen LogP contribution is -2.88. The molecule has 2 rings (SSSR count). The van der Waals surface area contributed by atoms with Gasteiger partial charge in [-0.25, -0.2) is 0 Å². The van der Waals surface area contributed by atoms with Crippen LogP contribution in [0.25, 0.3) is 0 Å². The van der Waals surface area contributed by atoms with Crippen molar-refractivity contribution < 1.29 is 24.7 Å². The van der Waals surface area contributed by atoms with E-state index in [0.717, 1.165) is 17.7 Å². The smallest absolute Gasteiger partial charge is 0.303 e. The van der Waals surface area contributed by atoms with Gasteiger partial charge in [-0.3, -0.25) is 4.79 Å². The van der Waals surface area contributed by atoms with Gasteiger partial charge in [-0.2, -0.15) is 0 Å². The summed E-state index contributed by atoms with van der Waals surface area (Å²) in [5.41, 5.74) is 1.13. The number of carbonyl (C=O) groups excluding carboxylic acids is 1. The highest BCUT2D eigenvalue weighted by atomic mass is 16.6. The van der Waals surface area contributed by atoms with E-state index < -0.39 is 12.2 Å². The number of esters is 1. The van der Waals surface area contributed by atoms with Gasteiger partial charge in [-0.05, 0) is 17.7 Å². The van der Waals surface area contributed by atoms with E-state index in [-0.39, 0.29) is 12.0 Å². The van der Waals surface area contributed by atoms with Gasteiger partial charge in [0.15, 0.2) is 6.10 Å². The number of benzene rings is 1. The second-order valence-corrected chi connectivity index (χ2v) is 4.83. The topological polar surface area (TPSA) is 72.4 Å². The van der Waals surface area contributed by atoms with E-state index in [9.17, 15) is 9.90 Å². The molecule has 0 saturated carbocycles. The van der Waals surface area contributed by atoms with E-state index in [1.165, 1.54) is 6.92 Å². The lowest BCUT2D eigenvalue weighted by molar-refractivity contribution is -0.674. The van der Waals surface area contributed by atoms with E-state index in [4.69, 9.17) is 9.47 Å². The molecule has 5 nitrogen and oxygen atoms in total. The van der Waals surface area contributed by atoms with Gasteiger partial charge < -0.3 is 19.9 Å². The summed E-state index contributed by atoms with van der Waals surface area (Å²) in [6.07, 6.45) is -0.273. The SMILES string of the molecule is COc1ccc(C[C@H]2[NH2+]C[C@H](O)[C@@H]2OC(C)=O)cc1. The molecule has 0 unspecified atom stereocenters. The summed E-state index contributed by atoms with van der Waals surface area (Å²) in [5.74, 6) is 0.467. The molecule has 0 aromatic heterocycles. The first kappa shape index (κ1) is 13.8. The molecule has 104 valence electrons. The van der Waals surface area contributed by atoms with Crippen LogP contribution in [0, 0.1) is 0 Å². The Hall–Kier alpha value is -1.59. The van der Waals surface area contributed by atoms with Crippen LogP contribution in [0.3, 0.4) is 0 Å². The largest absolute Gasteiger partial charge is 0.497 e. The molecule has 1 fully saturated rings. The van der Waals surface area contributed by atoms with Crippen LogP contribution in [0.1, 0.15) is 12.5 Å². The van der Waals surface area contributed by atoms with Crippen molar-refractivity contribution in [2.75, 3.05) is 13.7 Å². The van der Waals surface area contributed by atoms with Gasteiger partial charge in [-0.1, -0.05) is 12.1 Å². The summed E-state index contributed by atoms with van der Waals surface area (Å²) in [6, 6.07) is 7.85. The third-order valence-corrected chi connectivity index (χ3v) is 3.41. The number of aliphatic hydroxyl groups is 1. The molecule has 1 aliphatic heterocycles. The van der Waals surface area contributed by atoms with Gasteiger partial charge in [0.1, 0.15) is 24.4 Å². The van der Waals surface area contributed by atoms with Crippen LogP contribution in [0.5, 0.6) is 5.75 Å². The first-order valence-electron chi connectivity index (χ1n) is 6.41. The summed E-state index contributed by atoms with van der Waals surface area (Å²) in [6.45, 7) is 1.94. The Bertz CT molecular complexity index is 432. The molecule has 0 bridgehead atoms. The predicted molar refractivity (Wildman–Crippen MR) is 68.8 cm³/mol. The summed E-state index contributed by atoms with van der Waals surface area (Å²) < 4.78 is 10.3. The zero-order valence-electron chi connectivity index (χ0n) is 11.2. The second kappa shape index (κ2) is 6.04. The molecule has 1 heterocycles. The zero-order chi connectivity index (χ0) is 13.8. The van der Waals surface area contributed by atoms with Crippen molar-refractivity contribution in [1.29, 1.82) is 0 Å². The van der Waals surface area contributed by atoms with Crippen LogP contribution in [0.15, 0.2) is 24.3 Å². The van der Waals surface area contributed by atoms with E-state index in [0.29, 0.717) is 6.54 Å². The fourth-order valence-electron chi connectivity index (χ4n) is 2.46. The summed E-state index contributed by atoms with van der Waals surface area (Å²) in [4.78, 5) is 11.1.